The van der Waals surface area contributed by atoms with Crippen molar-refractivity contribution in [3.8, 4) is 23.0 Å². The van der Waals surface area contributed by atoms with E-state index in [4.69, 9.17) is 41.3 Å². The maximum atomic E-state index is 12.9. The summed E-state index contributed by atoms with van der Waals surface area (Å²) in [6.07, 6.45) is 18.9. The molecule has 7 N–H and O–H groups in total. The average molecular weight is 1150 g/mol. The molecule has 4 aliphatic carbocycles. The Labute approximate surface area is 482 Å². The first-order valence-electron chi connectivity index (χ1n) is 28.5. The van der Waals surface area contributed by atoms with Gasteiger partial charge in [0.15, 0.2) is 0 Å². The monoisotopic (exact) mass is 1150 g/mol. The van der Waals surface area contributed by atoms with Gasteiger partial charge < -0.3 is 50.8 Å². The summed E-state index contributed by atoms with van der Waals surface area (Å²) in [4.78, 5) is 54.5. The van der Waals surface area contributed by atoms with Crippen molar-refractivity contribution in [1.29, 1.82) is 0 Å². The van der Waals surface area contributed by atoms with Gasteiger partial charge in [0.05, 0.1) is 49.9 Å². The van der Waals surface area contributed by atoms with Crippen LogP contribution in [0.1, 0.15) is 150 Å². The number of aldehydes is 1. The van der Waals surface area contributed by atoms with Crippen molar-refractivity contribution in [3.05, 3.63) is 120 Å². The molecule has 4 saturated carbocycles. The molecule has 14 nitrogen and oxygen atoms in total. The van der Waals surface area contributed by atoms with Gasteiger partial charge in [-0.1, -0.05) is 20.8 Å². The Morgan fingerprint density at radius 2 is 0.817 bits per heavy atom. The van der Waals surface area contributed by atoms with Crippen LogP contribution in [0, 0.1) is 58.3 Å². The molecule has 0 heterocycles. The summed E-state index contributed by atoms with van der Waals surface area (Å²) < 4.78 is 77.0. The van der Waals surface area contributed by atoms with Crippen LogP contribution >= 0.6 is 0 Å². The Kier molecular flexibility index (Phi) is 30.6. The Morgan fingerprint density at radius 1 is 0.512 bits per heavy atom. The lowest BCUT2D eigenvalue weighted by atomic mass is 9.79. The minimum absolute atomic E-state index is 0.00284. The number of esters is 2. The molecule has 4 aliphatic rings. The van der Waals surface area contributed by atoms with Crippen LogP contribution in [0.25, 0.3) is 0 Å². The second-order valence-corrected chi connectivity index (χ2v) is 22.9. The molecule has 82 heavy (non-hydrogen) atoms. The fourth-order valence-electron chi connectivity index (χ4n) is 9.37. The highest BCUT2D eigenvalue weighted by Gasteiger charge is 2.30. The number of nitrogens with two attached hydrogens (primary N) is 3. The Hall–Kier alpha value is -6.69. The molecular weight excluding hydrogens is 1060 g/mol. The molecule has 454 valence electrons. The van der Waals surface area contributed by atoms with Gasteiger partial charge in [-0.25, -0.2) is 17.6 Å². The molecule has 0 saturated heterocycles. The highest BCUT2D eigenvalue weighted by Crippen LogP contribution is 2.35. The largest absolute Gasteiger partial charge is 0.508 e. The van der Waals surface area contributed by atoms with Crippen molar-refractivity contribution in [2.75, 3.05) is 14.2 Å². The smallest absolute Gasteiger partial charge is 0.308 e. The third kappa shape index (κ3) is 27.9. The van der Waals surface area contributed by atoms with E-state index in [1.165, 1.54) is 87.7 Å². The molecule has 0 atom stereocenters. The van der Waals surface area contributed by atoms with Gasteiger partial charge in [0.25, 0.3) is 0 Å². The summed E-state index contributed by atoms with van der Waals surface area (Å²) in [7, 11) is 2.89. The second-order valence-electron chi connectivity index (χ2n) is 22.9. The molecule has 0 bridgehead atoms. The number of aromatic hydroxyl groups is 1. The third-order valence-electron chi connectivity index (χ3n) is 15.1. The molecular formula is C64H89F4N3O11. The van der Waals surface area contributed by atoms with Gasteiger partial charge >= 0.3 is 11.9 Å². The van der Waals surface area contributed by atoms with E-state index in [1.807, 2.05) is 13.8 Å². The molecule has 4 aromatic rings. The number of ether oxygens (including phenoxy) is 5. The van der Waals surface area contributed by atoms with E-state index in [1.54, 1.807) is 50.2 Å². The van der Waals surface area contributed by atoms with Crippen molar-refractivity contribution < 1.29 is 70.3 Å². The maximum Gasteiger partial charge on any atom is 0.308 e. The molecule has 0 radical (unpaired) electrons. The molecule has 8 rings (SSSR count). The van der Waals surface area contributed by atoms with Gasteiger partial charge in [-0.3, -0.25) is 19.2 Å². The number of halogens is 4. The zero-order valence-corrected chi connectivity index (χ0v) is 48.9. The first kappa shape index (κ1) is 69.6. The number of amides is 2. The lowest BCUT2D eigenvalue weighted by Crippen LogP contribution is -2.46. The molecule has 0 aromatic heterocycles. The molecule has 0 spiro atoms. The van der Waals surface area contributed by atoms with E-state index >= 15 is 0 Å². The number of hydrogen-bond acceptors (Lipinski definition) is 12. The average Bonchev–Trinajstić information content (AvgIpc) is 3.48. The topological polar surface area (TPSA) is 230 Å². The predicted molar refractivity (Wildman–Crippen MR) is 307 cm³/mol. The number of carbonyl (C=O) groups excluding carboxylic acids is 5. The van der Waals surface area contributed by atoms with Gasteiger partial charge in [0.2, 0.25) is 11.8 Å². The number of carbonyl (C=O) groups is 5. The summed E-state index contributed by atoms with van der Waals surface area (Å²) in [5.74, 6) is 2.11. The van der Waals surface area contributed by atoms with Gasteiger partial charge in [-0.05, 0) is 238 Å². The molecule has 4 aromatic carbocycles. The third-order valence-corrected chi connectivity index (χ3v) is 15.1. The standard InChI is InChI=1S/C18H26FNO2.C14H17FO3.C13H15FO2.C9H16O2.C6H5FO.C4H10N2O/c1-18(2,17(20)21)12-11-13-3-7-15(8-4-13)22-16-9-5-14(19)6-10-16;1-17-14(16)10-2-6-12(7-3-10)18-13-8-4-11(15)5-9-13;14-11-3-7-13(8-4-11)16-12-5-1-10(9-15)2-6-12;1-7-3-5-8(6-4-7)9(10)11-2;7-5-1-3-6(8)4-2-5;1-4(2,6)3(5)7/h5-6,9-10,13,15H,3-4,7-8,11-12H2,1-2H3,(H2,20,21);4-5,8-10,12H,2-3,6-7H2,1H3;3-4,7-10,12H,1-2,5-6H2;7-8H,3-6H2,1-2H3;1-4,8H;6H2,1-2H3,(H2,5,7). The van der Waals surface area contributed by atoms with Crippen LogP contribution in [-0.4, -0.2) is 73.2 Å². The first-order valence-corrected chi connectivity index (χ1v) is 28.5. The Balaban J connectivity index is 0.000000269. The molecule has 0 aliphatic heterocycles. The van der Waals surface area contributed by atoms with Crippen molar-refractivity contribution in [2.24, 2.45) is 52.2 Å². The summed E-state index contributed by atoms with van der Waals surface area (Å²) in [5.41, 5.74) is 14.2. The molecule has 0 unspecified atom stereocenters. The van der Waals surface area contributed by atoms with E-state index in [2.05, 4.69) is 11.7 Å². The van der Waals surface area contributed by atoms with Gasteiger partial charge in [-0.15, -0.1) is 0 Å². The Morgan fingerprint density at radius 3 is 1.11 bits per heavy atom. The SMILES string of the molecule is CC(C)(CCC1CCC(Oc2ccc(F)cc2)CC1)C(N)=O.CC(C)(N)C(N)=O.COC(=O)C1CCC(C)CC1.COC(=O)C1CCC(Oc2ccc(F)cc2)CC1.O=CC1CCC(Oc2ccc(F)cc2)CC1.Oc1ccc(F)cc1. The zero-order valence-electron chi connectivity index (χ0n) is 48.9. The molecule has 18 heteroatoms. The van der Waals surface area contributed by atoms with Crippen LogP contribution < -0.4 is 31.4 Å². The number of benzene rings is 4. The first-order chi connectivity index (χ1) is 38.8. The van der Waals surface area contributed by atoms with Crippen molar-refractivity contribution in [2.45, 2.75) is 174 Å². The Bertz CT molecular complexity index is 2440. The van der Waals surface area contributed by atoms with Crippen molar-refractivity contribution in [3.63, 3.8) is 0 Å². The minimum atomic E-state index is -0.861. The minimum Gasteiger partial charge on any atom is -0.508 e. The van der Waals surface area contributed by atoms with Crippen LogP contribution in [-0.2, 0) is 33.4 Å². The number of phenolic OH excluding ortho intramolecular Hbond substituents is 1. The summed E-state index contributed by atoms with van der Waals surface area (Å²) in [6, 6.07) is 23.3. The quantitative estimate of drug-likeness (QED) is 0.0525. The van der Waals surface area contributed by atoms with Crippen LogP contribution in [0.5, 0.6) is 23.0 Å². The second kappa shape index (κ2) is 36.0. The maximum absolute atomic E-state index is 12.9. The summed E-state index contributed by atoms with van der Waals surface area (Å²) in [6.45, 7) is 9.20. The van der Waals surface area contributed by atoms with Gasteiger partial charge in [-0.2, -0.15) is 0 Å². The predicted octanol–water partition coefficient (Wildman–Crippen LogP) is 12.7. The van der Waals surface area contributed by atoms with Crippen LogP contribution in [0.3, 0.4) is 0 Å². The van der Waals surface area contributed by atoms with Crippen LogP contribution in [0.15, 0.2) is 97.1 Å². The van der Waals surface area contributed by atoms with Crippen molar-refractivity contribution in [1.82, 2.24) is 0 Å². The number of rotatable bonds is 14. The number of phenols is 1. The number of hydrogen-bond donors (Lipinski definition) is 4. The normalized spacial score (nSPS) is 22.1. The number of methoxy groups -OCH3 is 2. The van der Waals surface area contributed by atoms with Crippen LogP contribution in [0.2, 0.25) is 0 Å². The fourth-order valence-corrected chi connectivity index (χ4v) is 9.37. The van der Waals surface area contributed by atoms with E-state index < -0.39 is 16.9 Å². The van der Waals surface area contributed by atoms with E-state index in [0.29, 0.717) is 17.4 Å². The molecule has 4 fully saturated rings. The highest BCUT2D eigenvalue weighted by atomic mass is 19.1. The van der Waals surface area contributed by atoms with Crippen LogP contribution in [0.4, 0.5) is 17.6 Å². The fraction of sp³-hybridized carbons (Fsp3) is 0.547. The lowest BCUT2D eigenvalue weighted by Gasteiger charge is -2.31. The highest BCUT2D eigenvalue weighted by molar-refractivity contribution is 5.83. The summed E-state index contributed by atoms with van der Waals surface area (Å²) >= 11 is 0. The molecule has 2 amide bonds. The van der Waals surface area contributed by atoms with E-state index in [0.717, 1.165) is 121 Å². The lowest BCUT2D eigenvalue weighted by molar-refractivity contribution is -0.147. The van der Waals surface area contributed by atoms with Crippen molar-refractivity contribution >= 4 is 30.0 Å². The number of primary amides is 2. The van der Waals surface area contributed by atoms with Gasteiger partial charge in [0.1, 0.15) is 52.6 Å². The summed E-state index contributed by atoms with van der Waals surface area (Å²) in [5, 5.41) is 8.59. The van der Waals surface area contributed by atoms with E-state index in [-0.39, 0.29) is 82.9 Å². The zero-order chi connectivity index (χ0) is 60.8. The van der Waals surface area contributed by atoms with Gasteiger partial charge in [0, 0.05) is 11.3 Å². The van der Waals surface area contributed by atoms with E-state index in [9.17, 15) is 41.5 Å².